The van der Waals surface area contributed by atoms with Crippen molar-refractivity contribution in [3.8, 4) is 11.5 Å². The first-order valence-corrected chi connectivity index (χ1v) is 11.2. The number of anilines is 1. The van der Waals surface area contributed by atoms with Gasteiger partial charge in [-0.15, -0.1) is 0 Å². The van der Waals surface area contributed by atoms with Crippen LogP contribution in [0.3, 0.4) is 0 Å². The summed E-state index contributed by atoms with van der Waals surface area (Å²) in [7, 11) is 1.54. The number of ether oxygens (including phenoxy) is 2. The molecule has 1 aliphatic carbocycles. The number of hydrogen-bond acceptors (Lipinski definition) is 5. The first-order valence-electron chi connectivity index (χ1n) is 11.2. The van der Waals surface area contributed by atoms with Gasteiger partial charge in [-0.25, -0.2) is 0 Å². The van der Waals surface area contributed by atoms with Gasteiger partial charge in [0.1, 0.15) is 0 Å². The minimum Gasteiger partial charge on any atom is -0.493 e. The fraction of sp³-hybridized carbons (Fsp3) is 0.286. The molecule has 5 rings (SSSR count). The number of ketones is 1. The summed E-state index contributed by atoms with van der Waals surface area (Å²) in [6.45, 7) is 5.68. The van der Waals surface area contributed by atoms with E-state index in [1.807, 2.05) is 24.3 Å². The molecule has 5 heteroatoms. The van der Waals surface area contributed by atoms with Crippen LogP contribution in [0.15, 0.2) is 60.2 Å². The van der Waals surface area contributed by atoms with Gasteiger partial charge in [0.15, 0.2) is 17.3 Å². The summed E-state index contributed by atoms with van der Waals surface area (Å²) in [6.07, 6.45) is 1.34. The van der Waals surface area contributed by atoms with Crippen molar-refractivity contribution in [1.29, 1.82) is 0 Å². The number of hydrogen-bond donors (Lipinski definition) is 1. The predicted molar refractivity (Wildman–Crippen MR) is 130 cm³/mol. The third-order valence-electron chi connectivity index (χ3n) is 6.51. The summed E-state index contributed by atoms with van der Waals surface area (Å²) >= 11 is 0. The minimum absolute atomic E-state index is 0.108. The smallest absolute Gasteiger partial charge is 0.308 e. The zero-order chi connectivity index (χ0) is 23.3. The maximum absolute atomic E-state index is 13.5. The molecule has 0 spiro atoms. The van der Waals surface area contributed by atoms with Gasteiger partial charge in [-0.1, -0.05) is 50.2 Å². The lowest BCUT2D eigenvalue weighted by Crippen LogP contribution is -2.33. The molecule has 168 valence electrons. The molecule has 0 fully saturated rings. The number of esters is 1. The van der Waals surface area contributed by atoms with E-state index in [0.29, 0.717) is 17.9 Å². The van der Waals surface area contributed by atoms with Gasteiger partial charge in [0.2, 0.25) is 0 Å². The molecule has 33 heavy (non-hydrogen) atoms. The fourth-order valence-corrected chi connectivity index (χ4v) is 5.19. The first-order chi connectivity index (χ1) is 15.8. The van der Waals surface area contributed by atoms with Gasteiger partial charge in [-0.2, -0.15) is 0 Å². The molecule has 3 aromatic rings. The summed E-state index contributed by atoms with van der Waals surface area (Å²) in [5.41, 5.74) is 4.87. The van der Waals surface area contributed by atoms with Crippen molar-refractivity contribution < 1.29 is 19.1 Å². The van der Waals surface area contributed by atoms with Crippen molar-refractivity contribution in [3.05, 3.63) is 71.3 Å². The highest BCUT2D eigenvalue weighted by atomic mass is 16.6. The molecular weight excluding hydrogens is 414 g/mol. The zero-order valence-electron chi connectivity index (χ0n) is 19.3. The minimum atomic E-state index is -0.410. The predicted octanol–water partition coefficient (Wildman–Crippen LogP) is 6.08. The van der Waals surface area contributed by atoms with Crippen molar-refractivity contribution in [2.24, 2.45) is 5.41 Å². The average molecular weight is 442 g/mol. The molecule has 3 aromatic carbocycles. The number of carbonyl (C=O) groups is 2. The lowest BCUT2D eigenvalue weighted by Gasteiger charge is -2.40. The molecule has 1 atom stereocenters. The van der Waals surface area contributed by atoms with Gasteiger partial charge in [0, 0.05) is 30.2 Å². The topological polar surface area (TPSA) is 64.6 Å². The molecule has 1 heterocycles. The second-order valence-electron chi connectivity index (χ2n) is 9.62. The maximum atomic E-state index is 13.5. The Morgan fingerprint density at radius 2 is 1.82 bits per heavy atom. The first kappa shape index (κ1) is 21.3. The number of carbonyl (C=O) groups excluding carboxylic acids is 2. The number of nitrogens with one attached hydrogen (secondary N) is 1. The van der Waals surface area contributed by atoms with Crippen LogP contribution in [-0.2, 0) is 9.59 Å². The van der Waals surface area contributed by atoms with E-state index < -0.39 is 5.97 Å². The molecule has 0 amide bonds. The summed E-state index contributed by atoms with van der Waals surface area (Å²) < 4.78 is 10.8. The van der Waals surface area contributed by atoms with Crippen LogP contribution in [0.25, 0.3) is 16.3 Å². The fourth-order valence-electron chi connectivity index (χ4n) is 5.19. The van der Waals surface area contributed by atoms with Crippen molar-refractivity contribution in [2.75, 3.05) is 12.4 Å². The third-order valence-corrected chi connectivity index (χ3v) is 6.51. The van der Waals surface area contributed by atoms with Gasteiger partial charge in [0.25, 0.3) is 0 Å². The van der Waals surface area contributed by atoms with Crippen LogP contribution >= 0.6 is 0 Å². The Hall–Kier alpha value is -3.60. The van der Waals surface area contributed by atoms with E-state index in [0.717, 1.165) is 45.2 Å². The van der Waals surface area contributed by atoms with Gasteiger partial charge in [-0.05, 0) is 51.9 Å². The monoisotopic (exact) mass is 441 g/mol. The van der Waals surface area contributed by atoms with E-state index in [4.69, 9.17) is 9.47 Å². The summed E-state index contributed by atoms with van der Waals surface area (Å²) in [4.78, 5) is 25.0. The Kier molecular flexibility index (Phi) is 5.00. The molecule has 0 aromatic heterocycles. The lowest BCUT2D eigenvalue weighted by atomic mass is 9.68. The van der Waals surface area contributed by atoms with Gasteiger partial charge >= 0.3 is 5.97 Å². The normalized spacial score (nSPS) is 18.9. The molecule has 1 N–H and O–H groups in total. The number of benzene rings is 3. The van der Waals surface area contributed by atoms with Crippen LogP contribution < -0.4 is 14.8 Å². The van der Waals surface area contributed by atoms with Crippen molar-refractivity contribution in [3.63, 3.8) is 0 Å². The number of fused-ring (bicyclic) bond motifs is 4. The maximum Gasteiger partial charge on any atom is 0.308 e. The van der Waals surface area contributed by atoms with Crippen LogP contribution in [0.4, 0.5) is 5.69 Å². The quantitative estimate of drug-likeness (QED) is 0.394. The van der Waals surface area contributed by atoms with Crippen LogP contribution in [0.5, 0.6) is 11.5 Å². The number of rotatable bonds is 3. The van der Waals surface area contributed by atoms with E-state index >= 15 is 0 Å². The Morgan fingerprint density at radius 3 is 2.58 bits per heavy atom. The number of methoxy groups -OCH3 is 1. The van der Waals surface area contributed by atoms with Crippen LogP contribution in [0.1, 0.15) is 50.8 Å². The number of allylic oxidation sites excluding steroid dienone is 1. The van der Waals surface area contributed by atoms with Crippen LogP contribution in [0, 0.1) is 5.41 Å². The summed E-state index contributed by atoms with van der Waals surface area (Å²) in [5, 5.41) is 5.95. The Balaban J connectivity index is 1.71. The van der Waals surface area contributed by atoms with Gasteiger partial charge < -0.3 is 14.8 Å². The molecular formula is C28H27NO4. The molecule has 0 unspecified atom stereocenters. The third kappa shape index (κ3) is 3.67. The molecule has 1 aliphatic heterocycles. The Morgan fingerprint density at radius 1 is 1.03 bits per heavy atom. The summed E-state index contributed by atoms with van der Waals surface area (Å²) in [5.74, 6) is 0.577. The zero-order valence-corrected chi connectivity index (χ0v) is 19.3. The van der Waals surface area contributed by atoms with Gasteiger partial charge in [0.05, 0.1) is 13.2 Å². The standard InChI is InChI=1S/C28H27NO4/c1-16(30)33-23-12-10-18(13-24(23)32-4)27-26-20(14-28(2,3)15-22(26)31)25-19-8-6-5-7-17(19)9-11-21(25)29-27/h5-13,27,29H,14-15H2,1-4H3/t27-/m1/s1. The SMILES string of the molecule is COc1cc([C@H]2Nc3ccc4ccccc4c3C3=C2C(=O)CC(C)(C)C3)ccc1OC(C)=O. The average Bonchev–Trinajstić information content (AvgIpc) is 2.77. The van der Waals surface area contributed by atoms with E-state index in [1.165, 1.54) is 6.92 Å². The Labute approximate surface area is 193 Å². The van der Waals surface area contributed by atoms with Crippen LogP contribution in [-0.4, -0.2) is 18.9 Å². The molecule has 0 saturated carbocycles. The molecule has 0 bridgehead atoms. The van der Waals surface area contributed by atoms with Crippen LogP contribution in [0.2, 0.25) is 0 Å². The van der Waals surface area contributed by atoms with E-state index in [9.17, 15) is 9.59 Å². The lowest BCUT2D eigenvalue weighted by molar-refractivity contribution is -0.132. The Bertz CT molecular complexity index is 1330. The van der Waals surface area contributed by atoms with E-state index in [1.54, 1.807) is 13.2 Å². The van der Waals surface area contributed by atoms with Crippen molar-refractivity contribution >= 4 is 33.8 Å². The second-order valence-corrected chi connectivity index (χ2v) is 9.62. The van der Waals surface area contributed by atoms with Crippen molar-refractivity contribution in [1.82, 2.24) is 0 Å². The summed E-state index contributed by atoms with van der Waals surface area (Å²) in [6, 6.07) is 17.7. The highest BCUT2D eigenvalue weighted by molar-refractivity contribution is 6.12. The second kappa shape index (κ2) is 7.77. The van der Waals surface area contributed by atoms with E-state index in [-0.39, 0.29) is 17.2 Å². The molecule has 0 saturated heterocycles. The molecule has 2 aliphatic rings. The largest absolute Gasteiger partial charge is 0.493 e. The molecule has 5 nitrogen and oxygen atoms in total. The highest BCUT2D eigenvalue weighted by Crippen LogP contribution is 2.52. The molecule has 0 radical (unpaired) electrons. The highest BCUT2D eigenvalue weighted by Gasteiger charge is 2.41. The van der Waals surface area contributed by atoms with Gasteiger partial charge in [-0.3, -0.25) is 9.59 Å². The van der Waals surface area contributed by atoms with Crippen molar-refractivity contribution in [2.45, 2.75) is 39.7 Å². The van der Waals surface area contributed by atoms with E-state index in [2.05, 4.69) is 43.4 Å². The number of Topliss-reactive ketones (excluding diaryl/α,β-unsaturated/α-hetero) is 1.